The summed E-state index contributed by atoms with van der Waals surface area (Å²) < 4.78 is 1.19. The van der Waals surface area contributed by atoms with E-state index in [-0.39, 0.29) is 5.54 Å². The van der Waals surface area contributed by atoms with Gasteiger partial charge in [0.25, 0.3) is 0 Å². The zero-order chi connectivity index (χ0) is 14.5. The number of hydrogen-bond acceptors (Lipinski definition) is 2. The lowest BCUT2D eigenvalue weighted by Gasteiger charge is -2.31. The molecule has 0 aliphatic rings. The maximum absolute atomic E-state index is 3.64. The Labute approximate surface area is 126 Å². The Bertz CT molecular complexity index is 390. The highest BCUT2D eigenvalue weighted by Gasteiger charge is 2.17. The van der Waals surface area contributed by atoms with Crippen LogP contribution in [0.3, 0.4) is 0 Å². The van der Waals surface area contributed by atoms with Crippen LogP contribution in [0.25, 0.3) is 0 Å². The van der Waals surface area contributed by atoms with Crippen LogP contribution >= 0.6 is 15.9 Å². The largest absolute Gasteiger partial charge is 0.310 e. The quantitative estimate of drug-likeness (QED) is 0.813. The number of benzene rings is 1. The summed E-state index contributed by atoms with van der Waals surface area (Å²) in [5.74, 6) is 0. The highest BCUT2D eigenvalue weighted by Crippen LogP contribution is 2.18. The molecule has 2 nitrogen and oxygen atoms in total. The van der Waals surface area contributed by atoms with Gasteiger partial charge >= 0.3 is 0 Å². The fourth-order valence-corrected chi connectivity index (χ4v) is 2.17. The first-order valence-electron chi connectivity index (χ1n) is 7.04. The van der Waals surface area contributed by atoms with Gasteiger partial charge in [0, 0.05) is 29.1 Å². The topological polar surface area (TPSA) is 15.3 Å². The van der Waals surface area contributed by atoms with Crippen LogP contribution in [0.4, 0.5) is 0 Å². The SMILES string of the molecule is CCC(C)(C)NCC(C)N(C)Cc1ccccc1Br. The molecule has 1 aromatic carbocycles. The molecule has 0 amide bonds. The van der Waals surface area contributed by atoms with E-state index in [1.807, 2.05) is 0 Å². The van der Waals surface area contributed by atoms with Crippen molar-refractivity contribution < 1.29 is 0 Å². The zero-order valence-corrected chi connectivity index (χ0v) is 14.4. The van der Waals surface area contributed by atoms with Gasteiger partial charge in [-0.2, -0.15) is 0 Å². The van der Waals surface area contributed by atoms with Crippen LogP contribution in [0.15, 0.2) is 28.7 Å². The molecule has 3 heteroatoms. The number of halogens is 1. The van der Waals surface area contributed by atoms with Crippen molar-refractivity contribution in [3.8, 4) is 0 Å². The highest BCUT2D eigenvalue weighted by atomic mass is 79.9. The predicted molar refractivity (Wildman–Crippen MR) is 87.4 cm³/mol. The number of nitrogens with one attached hydrogen (secondary N) is 1. The molecule has 0 bridgehead atoms. The molecule has 1 rings (SSSR count). The normalized spacial score (nSPS) is 13.8. The Morgan fingerprint density at radius 3 is 2.53 bits per heavy atom. The molecule has 0 saturated carbocycles. The summed E-state index contributed by atoms with van der Waals surface area (Å²) in [5, 5.41) is 3.64. The predicted octanol–water partition coefficient (Wildman–Crippen LogP) is 4.05. The van der Waals surface area contributed by atoms with Crippen molar-refractivity contribution in [2.45, 2.75) is 52.2 Å². The lowest BCUT2D eigenvalue weighted by Crippen LogP contribution is -2.46. The van der Waals surface area contributed by atoms with Crippen molar-refractivity contribution in [2.75, 3.05) is 13.6 Å². The molecule has 0 fully saturated rings. The summed E-state index contributed by atoms with van der Waals surface area (Å²) in [6.07, 6.45) is 1.15. The van der Waals surface area contributed by atoms with E-state index in [1.165, 1.54) is 10.0 Å². The van der Waals surface area contributed by atoms with Gasteiger partial charge in [-0.15, -0.1) is 0 Å². The fourth-order valence-electron chi connectivity index (χ4n) is 1.76. The smallest absolute Gasteiger partial charge is 0.0245 e. The van der Waals surface area contributed by atoms with E-state index < -0.39 is 0 Å². The van der Waals surface area contributed by atoms with E-state index in [0.29, 0.717) is 6.04 Å². The second-order valence-electron chi connectivity index (χ2n) is 5.97. The van der Waals surface area contributed by atoms with Crippen LogP contribution in [-0.4, -0.2) is 30.1 Å². The Morgan fingerprint density at radius 1 is 1.32 bits per heavy atom. The molecule has 0 aliphatic carbocycles. The van der Waals surface area contributed by atoms with Gasteiger partial charge in [0.05, 0.1) is 0 Å². The van der Waals surface area contributed by atoms with E-state index in [1.54, 1.807) is 0 Å². The minimum atomic E-state index is 0.225. The third kappa shape index (κ3) is 5.64. The molecule has 0 saturated heterocycles. The van der Waals surface area contributed by atoms with Crippen molar-refractivity contribution >= 4 is 15.9 Å². The summed E-state index contributed by atoms with van der Waals surface area (Å²) in [5.41, 5.74) is 1.56. The fraction of sp³-hybridized carbons (Fsp3) is 0.625. The summed E-state index contributed by atoms with van der Waals surface area (Å²) in [4.78, 5) is 2.39. The van der Waals surface area contributed by atoms with E-state index in [2.05, 4.69) is 85.2 Å². The lowest BCUT2D eigenvalue weighted by molar-refractivity contribution is 0.223. The van der Waals surface area contributed by atoms with E-state index >= 15 is 0 Å². The zero-order valence-electron chi connectivity index (χ0n) is 12.8. The van der Waals surface area contributed by atoms with Crippen LogP contribution in [-0.2, 0) is 6.54 Å². The van der Waals surface area contributed by atoms with Crippen molar-refractivity contribution in [1.82, 2.24) is 10.2 Å². The average Bonchev–Trinajstić information content (AvgIpc) is 2.38. The maximum atomic E-state index is 3.64. The third-order valence-corrected chi connectivity index (χ3v) is 4.66. The Balaban J connectivity index is 2.49. The molecular formula is C16H27BrN2. The molecule has 1 unspecified atom stereocenters. The van der Waals surface area contributed by atoms with Crippen LogP contribution in [0, 0.1) is 0 Å². The van der Waals surface area contributed by atoms with Gasteiger partial charge in [0.15, 0.2) is 0 Å². The Hall–Kier alpha value is -0.380. The van der Waals surface area contributed by atoms with Crippen LogP contribution in [0.1, 0.15) is 39.7 Å². The summed E-state index contributed by atoms with van der Waals surface area (Å²) in [6, 6.07) is 8.94. The van der Waals surface area contributed by atoms with Crippen molar-refractivity contribution in [3.63, 3.8) is 0 Å². The minimum absolute atomic E-state index is 0.225. The summed E-state index contributed by atoms with van der Waals surface area (Å²) in [6.45, 7) is 11.0. The molecule has 19 heavy (non-hydrogen) atoms. The van der Waals surface area contributed by atoms with Gasteiger partial charge in [-0.1, -0.05) is 41.1 Å². The second kappa shape index (κ2) is 7.41. The minimum Gasteiger partial charge on any atom is -0.310 e. The molecule has 0 heterocycles. The van der Waals surface area contributed by atoms with Crippen LogP contribution in [0.2, 0.25) is 0 Å². The van der Waals surface area contributed by atoms with Gasteiger partial charge in [0.1, 0.15) is 0 Å². The third-order valence-electron chi connectivity index (χ3n) is 3.89. The Morgan fingerprint density at radius 2 is 1.95 bits per heavy atom. The van der Waals surface area contributed by atoms with Crippen LogP contribution < -0.4 is 5.32 Å². The van der Waals surface area contributed by atoms with Crippen molar-refractivity contribution in [3.05, 3.63) is 34.3 Å². The molecule has 1 aromatic rings. The molecule has 1 atom stereocenters. The standard InChI is InChI=1S/C16H27BrN2/c1-6-16(3,4)18-11-13(2)19(5)12-14-9-7-8-10-15(14)17/h7-10,13,18H,6,11-12H2,1-5H3. The summed E-state index contributed by atoms with van der Waals surface area (Å²) in [7, 11) is 2.19. The number of likely N-dealkylation sites (N-methyl/N-ethyl adjacent to an activating group) is 1. The molecule has 0 radical (unpaired) electrons. The second-order valence-corrected chi connectivity index (χ2v) is 6.83. The first-order chi connectivity index (χ1) is 8.85. The van der Waals surface area contributed by atoms with Gasteiger partial charge in [0.2, 0.25) is 0 Å². The summed E-state index contributed by atoms with van der Waals surface area (Å²) >= 11 is 3.61. The monoisotopic (exact) mass is 326 g/mol. The van der Waals surface area contributed by atoms with Gasteiger partial charge < -0.3 is 5.32 Å². The first-order valence-corrected chi connectivity index (χ1v) is 7.83. The Kier molecular flexibility index (Phi) is 6.51. The van der Waals surface area contributed by atoms with Gasteiger partial charge in [-0.05, 0) is 45.9 Å². The van der Waals surface area contributed by atoms with Gasteiger partial charge in [-0.25, -0.2) is 0 Å². The number of nitrogens with zero attached hydrogens (tertiary/aromatic N) is 1. The van der Waals surface area contributed by atoms with Gasteiger partial charge in [-0.3, -0.25) is 4.90 Å². The van der Waals surface area contributed by atoms with E-state index in [9.17, 15) is 0 Å². The molecular weight excluding hydrogens is 300 g/mol. The molecule has 108 valence electrons. The molecule has 0 aliphatic heterocycles. The highest BCUT2D eigenvalue weighted by molar-refractivity contribution is 9.10. The molecule has 0 spiro atoms. The average molecular weight is 327 g/mol. The van der Waals surface area contributed by atoms with Crippen molar-refractivity contribution in [2.24, 2.45) is 0 Å². The first kappa shape index (κ1) is 16.7. The van der Waals surface area contributed by atoms with Crippen molar-refractivity contribution in [1.29, 1.82) is 0 Å². The van der Waals surface area contributed by atoms with E-state index in [0.717, 1.165) is 19.5 Å². The maximum Gasteiger partial charge on any atom is 0.0245 e. The lowest BCUT2D eigenvalue weighted by atomic mass is 10.0. The number of hydrogen-bond donors (Lipinski definition) is 1. The van der Waals surface area contributed by atoms with E-state index in [4.69, 9.17) is 0 Å². The molecule has 1 N–H and O–H groups in total. The number of rotatable bonds is 7. The van der Waals surface area contributed by atoms with Crippen LogP contribution in [0.5, 0.6) is 0 Å². The molecule has 0 aromatic heterocycles.